The van der Waals surface area contributed by atoms with Crippen LogP contribution in [0.15, 0.2) is 28.7 Å². The van der Waals surface area contributed by atoms with Crippen LogP contribution in [-0.2, 0) is 19.1 Å². The smallest absolute Gasteiger partial charge is 0.327 e. The first-order chi connectivity index (χ1) is 8.85. The molecular formula is C14H13BrO4. The maximum atomic E-state index is 12.1. The summed E-state index contributed by atoms with van der Waals surface area (Å²) in [5.74, 6) is -2.24. The second kappa shape index (κ2) is 3.82. The average molecular weight is 325 g/mol. The molecule has 1 aromatic rings. The normalized spacial score (nSPS) is 26.8. The van der Waals surface area contributed by atoms with E-state index >= 15 is 0 Å². The third kappa shape index (κ3) is 1.87. The van der Waals surface area contributed by atoms with Gasteiger partial charge >= 0.3 is 11.9 Å². The van der Waals surface area contributed by atoms with Crippen LogP contribution in [0, 0.1) is 5.41 Å². The molecule has 1 saturated heterocycles. The summed E-state index contributed by atoms with van der Waals surface area (Å²) < 4.78 is 11.4. The fourth-order valence-corrected chi connectivity index (χ4v) is 2.81. The molecule has 0 unspecified atom stereocenters. The number of carbonyl (C=O) groups excluding carboxylic acids is 2. The highest BCUT2D eigenvalue weighted by molar-refractivity contribution is 9.10. The highest BCUT2D eigenvalue weighted by Gasteiger charge is 2.72. The lowest BCUT2D eigenvalue weighted by molar-refractivity contribution is -0.243. The molecule has 1 aliphatic carbocycles. The minimum atomic E-state index is -1.16. The van der Waals surface area contributed by atoms with Gasteiger partial charge < -0.3 is 9.47 Å². The maximum Gasteiger partial charge on any atom is 0.327 e. The summed E-state index contributed by atoms with van der Waals surface area (Å²) >= 11 is 3.36. The van der Waals surface area contributed by atoms with Crippen LogP contribution >= 0.6 is 15.9 Å². The Morgan fingerprint density at radius 2 is 1.63 bits per heavy atom. The van der Waals surface area contributed by atoms with Gasteiger partial charge in [-0.15, -0.1) is 0 Å². The summed E-state index contributed by atoms with van der Waals surface area (Å²) in [5, 5.41) is 0. The standard InChI is InChI=1S/C14H13BrO4/c1-13(2)18-11(16)14(12(17)19-13)7-10(14)8-3-5-9(15)6-4-8/h3-6,10H,7H2,1-2H3/t10-/m1/s1. The average Bonchev–Trinajstić information content (AvgIpc) is 3.03. The van der Waals surface area contributed by atoms with Crippen molar-refractivity contribution >= 4 is 27.9 Å². The minimum Gasteiger partial charge on any atom is -0.422 e. The molecule has 0 amide bonds. The number of hydrogen-bond acceptors (Lipinski definition) is 4. The number of carbonyl (C=O) groups is 2. The molecule has 2 aliphatic rings. The van der Waals surface area contributed by atoms with Gasteiger partial charge in [-0.2, -0.15) is 0 Å². The topological polar surface area (TPSA) is 52.6 Å². The molecule has 100 valence electrons. The molecule has 3 rings (SSSR count). The summed E-state index contributed by atoms with van der Waals surface area (Å²) in [6.07, 6.45) is 0.461. The second-order valence-corrected chi connectivity index (χ2v) is 6.37. The van der Waals surface area contributed by atoms with Crippen LogP contribution in [0.25, 0.3) is 0 Å². The Bertz CT molecular complexity index is 541. The molecule has 19 heavy (non-hydrogen) atoms. The quantitative estimate of drug-likeness (QED) is 0.588. The second-order valence-electron chi connectivity index (χ2n) is 5.46. The van der Waals surface area contributed by atoms with E-state index in [1.54, 1.807) is 13.8 Å². The van der Waals surface area contributed by atoms with E-state index in [1.165, 1.54) is 0 Å². The molecule has 1 aromatic carbocycles. The van der Waals surface area contributed by atoms with Crippen LogP contribution < -0.4 is 0 Å². The summed E-state index contributed by atoms with van der Waals surface area (Å²) in [7, 11) is 0. The van der Waals surface area contributed by atoms with E-state index in [4.69, 9.17) is 9.47 Å². The van der Waals surface area contributed by atoms with Gasteiger partial charge in [0.05, 0.1) is 0 Å². The third-order valence-corrected chi connectivity index (χ3v) is 4.17. The Morgan fingerprint density at radius 3 is 2.16 bits per heavy atom. The minimum absolute atomic E-state index is 0.142. The molecule has 1 saturated carbocycles. The lowest BCUT2D eigenvalue weighted by atomic mass is 9.98. The van der Waals surface area contributed by atoms with E-state index in [1.807, 2.05) is 24.3 Å². The molecule has 1 spiro atoms. The zero-order chi connectivity index (χ0) is 13.8. The Kier molecular flexibility index (Phi) is 2.55. The zero-order valence-corrected chi connectivity index (χ0v) is 12.2. The summed E-state index contributed by atoms with van der Waals surface area (Å²) in [4.78, 5) is 24.2. The number of ether oxygens (including phenoxy) is 2. The molecule has 1 aliphatic heterocycles. The van der Waals surface area contributed by atoms with Gasteiger partial charge in [0.2, 0.25) is 0 Å². The molecule has 0 bridgehead atoms. The number of hydrogen-bond donors (Lipinski definition) is 0. The number of cyclic esters (lactones) is 2. The van der Waals surface area contributed by atoms with E-state index in [9.17, 15) is 9.59 Å². The van der Waals surface area contributed by atoms with Crippen molar-refractivity contribution in [1.29, 1.82) is 0 Å². The summed E-state index contributed by atoms with van der Waals surface area (Å²) in [6, 6.07) is 7.60. The molecule has 0 radical (unpaired) electrons. The molecule has 5 heteroatoms. The fourth-order valence-electron chi connectivity index (χ4n) is 2.54. The Hall–Kier alpha value is -1.36. The van der Waals surface area contributed by atoms with Crippen molar-refractivity contribution in [3.05, 3.63) is 34.3 Å². The van der Waals surface area contributed by atoms with Gasteiger partial charge in [0.15, 0.2) is 5.41 Å². The molecule has 2 fully saturated rings. The van der Waals surface area contributed by atoms with Crippen molar-refractivity contribution < 1.29 is 19.1 Å². The van der Waals surface area contributed by atoms with Crippen LogP contribution in [0.5, 0.6) is 0 Å². The molecule has 1 heterocycles. The lowest BCUT2D eigenvalue weighted by Gasteiger charge is -2.33. The fraction of sp³-hybridized carbons (Fsp3) is 0.429. The van der Waals surface area contributed by atoms with E-state index in [0.717, 1.165) is 10.0 Å². The van der Waals surface area contributed by atoms with Crippen molar-refractivity contribution in [2.24, 2.45) is 5.41 Å². The lowest BCUT2D eigenvalue weighted by Crippen LogP contribution is -2.48. The third-order valence-electron chi connectivity index (χ3n) is 3.64. The predicted molar refractivity (Wildman–Crippen MR) is 70.2 cm³/mol. The van der Waals surface area contributed by atoms with Crippen LogP contribution in [0.4, 0.5) is 0 Å². The highest BCUT2D eigenvalue weighted by atomic mass is 79.9. The van der Waals surface area contributed by atoms with Gasteiger partial charge in [0.1, 0.15) is 0 Å². The van der Waals surface area contributed by atoms with Gasteiger partial charge in [0, 0.05) is 24.2 Å². The number of halogens is 1. The number of benzene rings is 1. The van der Waals surface area contributed by atoms with Gasteiger partial charge in [-0.05, 0) is 24.1 Å². The highest BCUT2D eigenvalue weighted by Crippen LogP contribution is 2.62. The van der Waals surface area contributed by atoms with E-state index in [0.29, 0.717) is 6.42 Å². The van der Waals surface area contributed by atoms with Gasteiger partial charge in [-0.1, -0.05) is 28.1 Å². The van der Waals surface area contributed by atoms with Crippen molar-refractivity contribution in [3.8, 4) is 0 Å². The summed E-state index contributed by atoms with van der Waals surface area (Å²) in [6.45, 7) is 3.12. The van der Waals surface area contributed by atoms with Crippen molar-refractivity contribution in [3.63, 3.8) is 0 Å². The van der Waals surface area contributed by atoms with Crippen LogP contribution in [0.1, 0.15) is 31.7 Å². The van der Waals surface area contributed by atoms with E-state index in [2.05, 4.69) is 15.9 Å². The number of rotatable bonds is 1. The van der Waals surface area contributed by atoms with E-state index in [-0.39, 0.29) is 5.92 Å². The Morgan fingerprint density at radius 1 is 1.11 bits per heavy atom. The van der Waals surface area contributed by atoms with Crippen LogP contribution in [-0.4, -0.2) is 17.7 Å². The first-order valence-corrected chi connectivity index (χ1v) is 6.87. The molecule has 0 aromatic heterocycles. The van der Waals surface area contributed by atoms with Crippen LogP contribution in [0.3, 0.4) is 0 Å². The molecule has 4 nitrogen and oxygen atoms in total. The van der Waals surface area contributed by atoms with E-state index < -0.39 is 23.1 Å². The summed E-state index contributed by atoms with van der Waals surface area (Å²) in [5.41, 5.74) is -0.166. The molecule has 0 N–H and O–H groups in total. The van der Waals surface area contributed by atoms with Crippen molar-refractivity contribution in [2.75, 3.05) is 0 Å². The largest absolute Gasteiger partial charge is 0.422 e. The van der Waals surface area contributed by atoms with Gasteiger partial charge in [-0.25, -0.2) is 0 Å². The van der Waals surface area contributed by atoms with Gasteiger partial charge in [-0.3, -0.25) is 9.59 Å². The Labute approximate surface area is 119 Å². The maximum absolute atomic E-state index is 12.1. The van der Waals surface area contributed by atoms with Crippen LogP contribution in [0.2, 0.25) is 0 Å². The van der Waals surface area contributed by atoms with Crippen molar-refractivity contribution in [2.45, 2.75) is 32.0 Å². The monoisotopic (exact) mass is 324 g/mol. The van der Waals surface area contributed by atoms with Gasteiger partial charge in [0.25, 0.3) is 5.79 Å². The SMILES string of the molecule is CC1(C)OC(=O)C2(C[C@@H]2c2ccc(Br)cc2)C(=O)O1. The molecular weight excluding hydrogens is 312 g/mol. The number of esters is 2. The Balaban J connectivity index is 1.89. The first kappa shape index (κ1) is 12.7. The molecule has 1 atom stereocenters. The predicted octanol–water partition coefficient (Wildman–Crippen LogP) is 2.76. The zero-order valence-electron chi connectivity index (χ0n) is 10.6. The van der Waals surface area contributed by atoms with Crippen molar-refractivity contribution in [1.82, 2.24) is 0 Å². The first-order valence-electron chi connectivity index (χ1n) is 6.07.